The summed E-state index contributed by atoms with van der Waals surface area (Å²) >= 11 is 1.61. The molecule has 0 aromatic carbocycles. The van der Waals surface area contributed by atoms with Gasteiger partial charge >= 0.3 is 0 Å². The van der Waals surface area contributed by atoms with Crippen molar-refractivity contribution in [1.82, 2.24) is 4.57 Å². The van der Waals surface area contributed by atoms with Crippen molar-refractivity contribution >= 4 is 27.7 Å². The van der Waals surface area contributed by atoms with Gasteiger partial charge in [0.05, 0.1) is 12.0 Å². The minimum atomic E-state index is -3.86. The molecule has 0 aliphatic rings. The number of unbranched alkanes of at least 4 members (excludes halogenated alkanes) is 1. The van der Waals surface area contributed by atoms with E-state index in [1.165, 1.54) is 10.6 Å². The molecule has 0 amide bonds. The molecule has 1 N–H and O–H groups in total. The Morgan fingerprint density at radius 3 is 2.52 bits per heavy atom. The van der Waals surface area contributed by atoms with Gasteiger partial charge in [0.25, 0.3) is 10.1 Å². The Hall–Kier alpha value is -1.84. The summed E-state index contributed by atoms with van der Waals surface area (Å²) in [5.74, 6) is -0.196. The minimum absolute atomic E-state index is 0.196. The monoisotopic (exact) mass is 383 g/mol. The zero-order valence-electron chi connectivity index (χ0n) is 14.6. The topological polar surface area (TPSA) is 87.9 Å². The lowest BCUT2D eigenvalue weighted by atomic mass is 10.3. The molecule has 0 saturated heterocycles. The number of thiazole rings is 1. The smallest absolute Gasteiger partial charge is 0.264 e. The van der Waals surface area contributed by atoms with E-state index in [0.29, 0.717) is 19.4 Å². The molecule has 0 radical (unpaired) electrons. The van der Waals surface area contributed by atoms with Crippen molar-refractivity contribution in [3.63, 3.8) is 0 Å². The van der Waals surface area contributed by atoms with E-state index in [9.17, 15) is 8.42 Å². The molecule has 2 heterocycles. The molecule has 9 heteroatoms. The lowest BCUT2D eigenvalue weighted by Crippen LogP contribution is -2.32. The van der Waals surface area contributed by atoms with Crippen LogP contribution in [0.15, 0.2) is 34.7 Å². The second-order valence-corrected chi connectivity index (χ2v) is 8.55. The van der Waals surface area contributed by atoms with E-state index in [4.69, 9.17) is 4.55 Å². The number of rotatable bonds is 7. The molecule has 2 aromatic heterocycles. The van der Waals surface area contributed by atoms with Crippen molar-refractivity contribution in [1.29, 1.82) is 0 Å². The van der Waals surface area contributed by atoms with E-state index < -0.39 is 10.1 Å². The van der Waals surface area contributed by atoms with Crippen molar-refractivity contribution in [2.24, 2.45) is 17.3 Å². The third-order valence-corrected chi connectivity index (χ3v) is 5.82. The molecule has 0 fully saturated rings. The zero-order chi connectivity index (χ0) is 18.4. The average molecular weight is 384 g/mol. The number of hydrogen-bond donors (Lipinski definition) is 1. The lowest BCUT2D eigenvalue weighted by Gasteiger charge is -1.97. The molecule has 7 nitrogen and oxygen atoms in total. The van der Waals surface area contributed by atoms with Crippen LogP contribution in [0, 0.1) is 13.8 Å². The molecule has 136 valence electrons. The fraction of sp³-hybridized carbons (Fsp3) is 0.438. The molecule has 25 heavy (non-hydrogen) atoms. The third-order valence-electron chi connectivity index (χ3n) is 3.88. The Morgan fingerprint density at radius 1 is 1.28 bits per heavy atom. The predicted molar refractivity (Wildman–Crippen MR) is 98.2 cm³/mol. The van der Waals surface area contributed by atoms with Crippen LogP contribution in [0.25, 0.3) is 0 Å². The Kier molecular flexibility index (Phi) is 6.63. The Labute approximate surface area is 151 Å². The van der Waals surface area contributed by atoms with Crippen LogP contribution in [0.3, 0.4) is 0 Å². The number of nitrogens with zero attached hydrogens (tertiary/aromatic N) is 4. The van der Waals surface area contributed by atoms with Crippen LogP contribution in [0.4, 0.5) is 0 Å². The van der Waals surface area contributed by atoms with Gasteiger partial charge in [-0.05, 0) is 20.3 Å². The Bertz CT molecular complexity index is 910. The first-order valence-corrected chi connectivity index (χ1v) is 10.3. The van der Waals surface area contributed by atoms with Gasteiger partial charge in [0.2, 0.25) is 4.80 Å². The molecule has 0 unspecified atom stereocenters. The van der Waals surface area contributed by atoms with Gasteiger partial charge in [0.15, 0.2) is 12.4 Å². The highest BCUT2D eigenvalue weighted by Gasteiger charge is 2.06. The first kappa shape index (κ1) is 19.5. The Morgan fingerprint density at radius 2 is 1.96 bits per heavy atom. The highest BCUT2D eigenvalue weighted by Crippen LogP contribution is 2.07. The summed E-state index contributed by atoms with van der Waals surface area (Å²) in [6.07, 6.45) is 6.64. The summed E-state index contributed by atoms with van der Waals surface area (Å²) in [4.78, 5) is 2.09. The normalized spacial score (nSPS) is 13.0. The van der Waals surface area contributed by atoms with Crippen LogP contribution >= 0.6 is 11.3 Å². The van der Waals surface area contributed by atoms with Gasteiger partial charge in [-0.2, -0.15) is 13.5 Å². The van der Waals surface area contributed by atoms with Gasteiger partial charge in [-0.25, -0.2) is 4.57 Å². The number of aromatic nitrogens is 2. The van der Waals surface area contributed by atoms with Crippen LogP contribution in [0.1, 0.15) is 29.0 Å². The van der Waals surface area contributed by atoms with E-state index >= 15 is 0 Å². The predicted octanol–water partition coefficient (Wildman–Crippen LogP) is 1.59. The second kappa shape index (κ2) is 8.50. The van der Waals surface area contributed by atoms with Crippen molar-refractivity contribution in [3.8, 4) is 0 Å². The largest absolute Gasteiger partial charge is 0.322 e. The molecule has 0 aliphatic carbocycles. The standard InChI is InChI=1S/C16H22N4O3S2/c1-13-14(2)24-16(19(13)3)18-17-12-15-6-9-20(10-7-15)8-4-5-11-25(21,22)23/h6-7,9-10,12H,4-5,8,11H2,1-3H3/p+1. The molecule has 0 aliphatic heterocycles. The van der Waals surface area contributed by atoms with E-state index in [-0.39, 0.29) is 5.75 Å². The highest BCUT2D eigenvalue weighted by molar-refractivity contribution is 7.85. The van der Waals surface area contributed by atoms with Crippen molar-refractivity contribution < 1.29 is 17.5 Å². The van der Waals surface area contributed by atoms with Gasteiger partial charge in [-0.3, -0.25) is 4.55 Å². The van der Waals surface area contributed by atoms with E-state index in [2.05, 4.69) is 24.1 Å². The lowest BCUT2D eigenvalue weighted by molar-refractivity contribution is -0.697. The maximum absolute atomic E-state index is 10.7. The van der Waals surface area contributed by atoms with Crippen molar-refractivity contribution in [2.75, 3.05) is 5.75 Å². The maximum atomic E-state index is 10.7. The Balaban J connectivity index is 1.92. The molecular formula is C16H23N4O3S2+. The average Bonchev–Trinajstić information content (AvgIpc) is 2.79. The number of pyridine rings is 1. The summed E-state index contributed by atoms with van der Waals surface area (Å²) in [5, 5.41) is 8.40. The summed E-state index contributed by atoms with van der Waals surface area (Å²) in [7, 11) is -1.89. The number of hydrogen-bond acceptors (Lipinski definition) is 5. The summed E-state index contributed by atoms with van der Waals surface area (Å²) in [6, 6.07) is 3.85. The molecule has 2 rings (SSSR count). The van der Waals surface area contributed by atoms with Gasteiger partial charge < -0.3 is 4.57 Å². The first-order chi connectivity index (χ1) is 11.8. The minimum Gasteiger partial charge on any atom is -0.322 e. The fourth-order valence-electron chi connectivity index (χ4n) is 2.17. The maximum Gasteiger partial charge on any atom is 0.264 e. The summed E-state index contributed by atoms with van der Waals surface area (Å²) in [5.41, 5.74) is 2.12. The molecule has 0 saturated carbocycles. The third kappa shape index (κ3) is 6.18. The van der Waals surface area contributed by atoms with Crippen LogP contribution in [0.2, 0.25) is 0 Å². The number of aryl methyl sites for hydroxylation is 2. The fourth-order valence-corrected chi connectivity index (χ4v) is 3.66. The van der Waals surface area contributed by atoms with Gasteiger partial charge in [0, 0.05) is 41.7 Å². The highest BCUT2D eigenvalue weighted by atomic mass is 32.2. The van der Waals surface area contributed by atoms with Crippen molar-refractivity contribution in [3.05, 3.63) is 45.5 Å². The molecule has 0 bridgehead atoms. The van der Waals surface area contributed by atoms with Crippen LogP contribution in [0.5, 0.6) is 0 Å². The summed E-state index contributed by atoms with van der Waals surface area (Å²) < 4.78 is 34.0. The van der Waals surface area contributed by atoms with Gasteiger partial charge in [0.1, 0.15) is 6.54 Å². The quantitative estimate of drug-likeness (QED) is 0.259. The van der Waals surface area contributed by atoms with Crippen LogP contribution in [-0.2, 0) is 23.7 Å². The van der Waals surface area contributed by atoms with E-state index in [0.717, 1.165) is 10.4 Å². The SMILES string of the molecule is Cc1sc(=NN=Cc2cc[n+](CCCCS(=O)(=O)O)cc2)n(C)c1C. The van der Waals surface area contributed by atoms with Gasteiger partial charge in [-0.15, -0.1) is 16.4 Å². The second-order valence-electron chi connectivity index (χ2n) is 5.79. The first-order valence-electron chi connectivity index (χ1n) is 7.90. The van der Waals surface area contributed by atoms with Crippen LogP contribution < -0.4 is 9.37 Å². The van der Waals surface area contributed by atoms with Crippen LogP contribution in [-0.4, -0.2) is 29.5 Å². The van der Waals surface area contributed by atoms with Gasteiger partial charge in [-0.1, -0.05) is 0 Å². The zero-order valence-corrected chi connectivity index (χ0v) is 16.2. The van der Waals surface area contributed by atoms with E-state index in [1.54, 1.807) is 17.6 Å². The molecule has 0 spiro atoms. The molecule has 2 aromatic rings. The van der Waals surface area contributed by atoms with E-state index in [1.807, 2.05) is 40.7 Å². The molecule has 0 atom stereocenters. The molecular weight excluding hydrogens is 360 g/mol. The van der Waals surface area contributed by atoms with Crippen molar-refractivity contribution in [2.45, 2.75) is 33.2 Å². The summed E-state index contributed by atoms with van der Waals surface area (Å²) in [6.45, 7) is 4.82.